The summed E-state index contributed by atoms with van der Waals surface area (Å²) in [5.74, 6) is 1.31. The summed E-state index contributed by atoms with van der Waals surface area (Å²) >= 11 is 12.3. The van der Waals surface area contributed by atoms with Crippen LogP contribution in [0.2, 0.25) is 10.2 Å². The molecule has 0 atom stereocenters. The predicted molar refractivity (Wildman–Crippen MR) is 86.3 cm³/mol. The van der Waals surface area contributed by atoms with Crippen LogP contribution in [-0.2, 0) is 0 Å². The van der Waals surface area contributed by atoms with E-state index in [2.05, 4.69) is 9.97 Å². The Hall–Kier alpha value is -1.84. The van der Waals surface area contributed by atoms with E-state index in [1.54, 1.807) is 7.11 Å². The van der Waals surface area contributed by atoms with E-state index in [1.165, 1.54) is 0 Å². The molecule has 0 spiro atoms. The Labute approximate surface area is 132 Å². The molecule has 5 heteroatoms. The molecule has 0 radical (unpaired) electrons. The van der Waals surface area contributed by atoms with Crippen LogP contribution in [0.1, 0.15) is 5.56 Å². The summed E-state index contributed by atoms with van der Waals surface area (Å²) in [7, 11) is 1.61. The third-order valence-corrected chi connectivity index (χ3v) is 3.98. The highest BCUT2D eigenvalue weighted by atomic mass is 35.5. The van der Waals surface area contributed by atoms with Crippen LogP contribution in [0.5, 0.6) is 5.75 Å². The van der Waals surface area contributed by atoms with Gasteiger partial charge < -0.3 is 4.74 Å². The van der Waals surface area contributed by atoms with Gasteiger partial charge in [-0.3, -0.25) is 0 Å². The fourth-order valence-electron chi connectivity index (χ4n) is 2.11. The molecular formula is C16H12Cl2N2O. The molecule has 0 fully saturated rings. The largest absolute Gasteiger partial charge is 0.497 e. The molecule has 0 aliphatic rings. The van der Waals surface area contributed by atoms with Crippen molar-refractivity contribution < 1.29 is 4.74 Å². The Kier molecular flexibility index (Phi) is 3.70. The number of hydrogen-bond acceptors (Lipinski definition) is 3. The van der Waals surface area contributed by atoms with Gasteiger partial charge in [0.1, 0.15) is 10.9 Å². The summed E-state index contributed by atoms with van der Waals surface area (Å²) in [5, 5.41) is 1.89. The minimum Gasteiger partial charge on any atom is -0.497 e. The van der Waals surface area contributed by atoms with E-state index in [0.717, 1.165) is 32.8 Å². The lowest BCUT2D eigenvalue weighted by Gasteiger charge is -2.07. The van der Waals surface area contributed by atoms with Gasteiger partial charge in [0.25, 0.3) is 0 Å². The molecule has 0 N–H and O–H groups in total. The van der Waals surface area contributed by atoms with Gasteiger partial charge in [0.2, 0.25) is 0 Å². The van der Waals surface area contributed by atoms with Crippen molar-refractivity contribution >= 4 is 34.1 Å². The molecule has 1 heterocycles. The third-order valence-electron chi connectivity index (χ3n) is 3.27. The van der Waals surface area contributed by atoms with Gasteiger partial charge in [-0.1, -0.05) is 23.2 Å². The minimum absolute atomic E-state index is 0.404. The summed E-state index contributed by atoms with van der Waals surface area (Å²) in [6.45, 7) is 1.94. The van der Waals surface area contributed by atoms with Gasteiger partial charge in [-0.25, -0.2) is 9.97 Å². The summed E-state index contributed by atoms with van der Waals surface area (Å²) in [6.07, 6.45) is 0. The fraction of sp³-hybridized carbons (Fsp3) is 0.125. The lowest BCUT2D eigenvalue weighted by atomic mass is 10.1. The highest BCUT2D eigenvalue weighted by molar-refractivity contribution is 6.34. The standard InChI is InChI=1S/C16H12Cl2N2O/c1-9-7-10(3-5-13(9)17)16-19-14-6-4-11(21-2)8-12(14)15(18)20-16/h3-8H,1-2H3. The van der Waals surface area contributed by atoms with Gasteiger partial charge in [0.05, 0.1) is 12.6 Å². The fourth-order valence-corrected chi connectivity index (χ4v) is 2.46. The lowest BCUT2D eigenvalue weighted by Crippen LogP contribution is -1.93. The molecule has 0 unspecified atom stereocenters. The molecule has 1 aromatic heterocycles. The van der Waals surface area contributed by atoms with Crippen molar-refractivity contribution in [1.29, 1.82) is 0 Å². The molecule has 3 rings (SSSR count). The van der Waals surface area contributed by atoms with Crippen molar-refractivity contribution in [2.75, 3.05) is 7.11 Å². The van der Waals surface area contributed by atoms with E-state index in [0.29, 0.717) is 11.0 Å². The average Bonchev–Trinajstić information content (AvgIpc) is 2.49. The molecule has 0 saturated carbocycles. The SMILES string of the molecule is COc1ccc2nc(-c3ccc(Cl)c(C)c3)nc(Cl)c2c1. The highest BCUT2D eigenvalue weighted by Crippen LogP contribution is 2.29. The van der Waals surface area contributed by atoms with E-state index in [4.69, 9.17) is 27.9 Å². The maximum Gasteiger partial charge on any atom is 0.161 e. The van der Waals surface area contributed by atoms with Gasteiger partial charge in [-0.05, 0) is 48.9 Å². The number of benzene rings is 2. The molecule has 2 aromatic carbocycles. The summed E-state index contributed by atoms with van der Waals surface area (Å²) in [5.41, 5.74) is 2.64. The Morgan fingerprint density at radius 1 is 1.00 bits per heavy atom. The summed E-state index contributed by atoms with van der Waals surface area (Å²) < 4.78 is 5.19. The number of fused-ring (bicyclic) bond motifs is 1. The second-order valence-electron chi connectivity index (χ2n) is 4.69. The first-order valence-corrected chi connectivity index (χ1v) is 7.12. The molecule has 0 aliphatic heterocycles. The van der Waals surface area contributed by atoms with Crippen LogP contribution in [0.4, 0.5) is 0 Å². The van der Waals surface area contributed by atoms with Crippen molar-refractivity contribution in [3.05, 3.63) is 52.1 Å². The van der Waals surface area contributed by atoms with E-state index in [1.807, 2.05) is 43.3 Å². The van der Waals surface area contributed by atoms with Gasteiger partial charge in [0, 0.05) is 16.0 Å². The number of ether oxygens (including phenoxy) is 1. The lowest BCUT2D eigenvalue weighted by molar-refractivity contribution is 0.415. The second kappa shape index (κ2) is 5.51. The monoisotopic (exact) mass is 318 g/mol. The number of aromatic nitrogens is 2. The van der Waals surface area contributed by atoms with E-state index in [-0.39, 0.29) is 0 Å². The van der Waals surface area contributed by atoms with E-state index < -0.39 is 0 Å². The first-order valence-electron chi connectivity index (χ1n) is 6.36. The normalized spacial score (nSPS) is 10.9. The van der Waals surface area contributed by atoms with Gasteiger partial charge in [-0.2, -0.15) is 0 Å². The van der Waals surface area contributed by atoms with E-state index in [9.17, 15) is 0 Å². The molecule has 3 aromatic rings. The number of hydrogen-bond donors (Lipinski definition) is 0. The zero-order valence-electron chi connectivity index (χ0n) is 11.5. The van der Waals surface area contributed by atoms with Crippen molar-refractivity contribution in [2.24, 2.45) is 0 Å². The number of methoxy groups -OCH3 is 1. The van der Waals surface area contributed by atoms with Crippen LogP contribution in [0.3, 0.4) is 0 Å². The van der Waals surface area contributed by atoms with Gasteiger partial charge in [0.15, 0.2) is 5.82 Å². The smallest absolute Gasteiger partial charge is 0.161 e. The zero-order chi connectivity index (χ0) is 15.0. The number of halogens is 2. The molecule has 0 amide bonds. The summed E-state index contributed by atoms with van der Waals surface area (Å²) in [4.78, 5) is 8.93. The second-order valence-corrected chi connectivity index (χ2v) is 5.45. The Bertz CT molecular complexity index is 834. The molecule has 0 aliphatic carbocycles. The van der Waals surface area contributed by atoms with Crippen molar-refractivity contribution in [3.63, 3.8) is 0 Å². The first kappa shape index (κ1) is 14.1. The molecular weight excluding hydrogens is 307 g/mol. The molecule has 3 nitrogen and oxygen atoms in total. The number of nitrogens with zero attached hydrogens (tertiary/aromatic N) is 2. The van der Waals surface area contributed by atoms with Crippen LogP contribution in [0.15, 0.2) is 36.4 Å². The van der Waals surface area contributed by atoms with Crippen molar-refractivity contribution in [2.45, 2.75) is 6.92 Å². The minimum atomic E-state index is 0.404. The average molecular weight is 319 g/mol. The predicted octanol–water partition coefficient (Wildman–Crippen LogP) is 4.92. The van der Waals surface area contributed by atoms with Gasteiger partial charge in [-0.15, -0.1) is 0 Å². The maximum atomic E-state index is 6.28. The van der Waals surface area contributed by atoms with Crippen LogP contribution in [0, 0.1) is 6.92 Å². The Morgan fingerprint density at radius 3 is 2.52 bits per heavy atom. The molecule has 0 saturated heterocycles. The van der Waals surface area contributed by atoms with Crippen LogP contribution in [-0.4, -0.2) is 17.1 Å². The van der Waals surface area contributed by atoms with E-state index >= 15 is 0 Å². The quantitative estimate of drug-likeness (QED) is 0.629. The van der Waals surface area contributed by atoms with Gasteiger partial charge >= 0.3 is 0 Å². The number of aryl methyl sites for hydroxylation is 1. The summed E-state index contributed by atoms with van der Waals surface area (Å²) in [6, 6.07) is 11.2. The molecule has 21 heavy (non-hydrogen) atoms. The van der Waals surface area contributed by atoms with Crippen molar-refractivity contribution in [3.8, 4) is 17.1 Å². The Balaban J connectivity index is 2.18. The topological polar surface area (TPSA) is 35.0 Å². The van der Waals surface area contributed by atoms with Crippen LogP contribution in [0.25, 0.3) is 22.3 Å². The molecule has 106 valence electrons. The van der Waals surface area contributed by atoms with Crippen molar-refractivity contribution in [1.82, 2.24) is 9.97 Å². The van der Waals surface area contributed by atoms with Crippen LogP contribution >= 0.6 is 23.2 Å². The van der Waals surface area contributed by atoms with Crippen LogP contribution < -0.4 is 4.74 Å². The molecule has 0 bridgehead atoms. The number of rotatable bonds is 2. The Morgan fingerprint density at radius 2 is 1.81 bits per heavy atom. The third kappa shape index (κ3) is 2.67. The zero-order valence-corrected chi connectivity index (χ0v) is 13.0. The maximum absolute atomic E-state index is 6.28. The first-order chi connectivity index (χ1) is 10.1. The highest BCUT2D eigenvalue weighted by Gasteiger charge is 2.10.